The minimum Gasteiger partial charge on any atom is -0.493 e. The fourth-order valence-corrected chi connectivity index (χ4v) is 3.74. The van der Waals surface area contributed by atoms with Gasteiger partial charge in [0.15, 0.2) is 11.5 Å². The van der Waals surface area contributed by atoms with E-state index >= 15 is 0 Å². The van der Waals surface area contributed by atoms with Crippen molar-refractivity contribution in [2.24, 2.45) is 7.05 Å². The highest BCUT2D eigenvalue weighted by Gasteiger charge is 2.32. The van der Waals surface area contributed by atoms with E-state index in [-0.39, 0.29) is 18.5 Å². The molecule has 174 valence electrons. The topological polar surface area (TPSA) is 94.9 Å². The molecule has 9 heteroatoms. The number of ether oxygens (including phenoxy) is 3. The van der Waals surface area contributed by atoms with Crippen molar-refractivity contribution in [2.45, 2.75) is 52.3 Å². The summed E-state index contributed by atoms with van der Waals surface area (Å²) in [5, 5.41) is 7.54. The zero-order valence-corrected chi connectivity index (χ0v) is 19.8. The van der Waals surface area contributed by atoms with E-state index < -0.39 is 11.7 Å². The summed E-state index contributed by atoms with van der Waals surface area (Å²) >= 11 is 0. The number of nitrogens with one attached hydrogen (secondary N) is 1. The first-order valence-corrected chi connectivity index (χ1v) is 10.6. The zero-order chi connectivity index (χ0) is 23.6. The molecule has 2 heterocycles. The molecule has 1 aliphatic heterocycles. The van der Waals surface area contributed by atoms with E-state index in [2.05, 4.69) is 10.4 Å². The van der Waals surface area contributed by atoms with Gasteiger partial charge in [-0.2, -0.15) is 5.10 Å². The Bertz CT molecular complexity index is 1010. The van der Waals surface area contributed by atoms with Crippen molar-refractivity contribution in [2.75, 3.05) is 20.8 Å². The Morgan fingerprint density at radius 1 is 1.16 bits per heavy atom. The number of rotatable bonds is 5. The SMILES string of the molecule is COc1ccc(C(C)NC(=O)c2c3c(nn2C)CCN(C(=O)OC(C)(C)C)C3)cc1OC. The van der Waals surface area contributed by atoms with Gasteiger partial charge >= 0.3 is 6.09 Å². The third kappa shape index (κ3) is 4.98. The molecule has 0 spiro atoms. The molecule has 0 radical (unpaired) electrons. The third-order valence-electron chi connectivity index (χ3n) is 5.32. The van der Waals surface area contributed by atoms with Crippen LogP contribution in [0, 0.1) is 0 Å². The molecule has 0 aliphatic carbocycles. The lowest BCUT2D eigenvalue weighted by Gasteiger charge is -2.30. The Morgan fingerprint density at radius 2 is 1.84 bits per heavy atom. The number of aromatic nitrogens is 2. The molecular formula is C23H32N4O5. The summed E-state index contributed by atoms with van der Waals surface area (Å²) < 4.78 is 17.7. The maximum atomic E-state index is 13.2. The van der Waals surface area contributed by atoms with E-state index in [9.17, 15) is 9.59 Å². The fourth-order valence-electron chi connectivity index (χ4n) is 3.74. The van der Waals surface area contributed by atoms with Crippen LogP contribution < -0.4 is 14.8 Å². The Labute approximate surface area is 188 Å². The van der Waals surface area contributed by atoms with Gasteiger partial charge in [-0.15, -0.1) is 0 Å². The van der Waals surface area contributed by atoms with Gasteiger partial charge in [-0.25, -0.2) is 4.79 Å². The number of nitrogens with zero attached hydrogens (tertiary/aromatic N) is 3. The van der Waals surface area contributed by atoms with E-state index in [1.165, 1.54) is 0 Å². The van der Waals surface area contributed by atoms with Crippen molar-refractivity contribution >= 4 is 12.0 Å². The molecular weight excluding hydrogens is 412 g/mol. The second-order valence-electron chi connectivity index (χ2n) is 8.86. The fraction of sp³-hybridized carbons (Fsp3) is 0.522. The van der Waals surface area contributed by atoms with Gasteiger partial charge in [0.25, 0.3) is 5.91 Å². The third-order valence-corrected chi connectivity index (χ3v) is 5.32. The average molecular weight is 445 g/mol. The lowest BCUT2D eigenvalue weighted by atomic mass is 10.0. The van der Waals surface area contributed by atoms with E-state index in [4.69, 9.17) is 14.2 Å². The summed E-state index contributed by atoms with van der Waals surface area (Å²) in [4.78, 5) is 27.4. The van der Waals surface area contributed by atoms with Gasteiger partial charge in [0.1, 0.15) is 11.3 Å². The Hall–Kier alpha value is -3.23. The molecule has 1 aliphatic rings. The van der Waals surface area contributed by atoms with Crippen LogP contribution in [0.4, 0.5) is 4.79 Å². The van der Waals surface area contributed by atoms with E-state index in [0.29, 0.717) is 30.2 Å². The number of carbonyl (C=O) groups excluding carboxylic acids is 2. The molecule has 32 heavy (non-hydrogen) atoms. The molecule has 0 saturated carbocycles. The monoisotopic (exact) mass is 444 g/mol. The molecule has 1 N–H and O–H groups in total. The summed E-state index contributed by atoms with van der Waals surface area (Å²) in [7, 11) is 4.89. The summed E-state index contributed by atoms with van der Waals surface area (Å²) in [6.07, 6.45) is 0.179. The summed E-state index contributed by atoms with van der Waals surface area (Å²) in [5.41, 5.74) is 2.32. The van der Waals surface area contributed by atoms with Crippen LogP contribution in [0.25, 0.3) is 0 Å². The van der Waals surface area contributed by atoms with Crippen LogP contribution in [0.1, 0.15) is 61.0 Å². The molecule has 1 aromatic carbocycles. The van der Waals surface area contributed by atoms with Gasteiger partial charge in [-0.05, 0) is 45.4 Å². The summed E-state index contributed by atoms with van der Waals surface area (Å²) in [6, 6.07) is 5.25. The van der Waals surface area contributed by atoms with Crippen molar-refractivity contribution in [3.63, 3.8) is 0 Å². The van der Waals surface area contributed by atoms with Gasteiger partial charge in [-0.3, -0.25) is 9.48 Å². The van der Waals surface area contributed by atoms with Gasteiger partial charge in [0, 0.05) is 25.6 Å². The van der Waals surface area contributed by atoms with Crippen molar-refractivity contribution < 1.29 is 23.8 Å². The van der Waals surface area contributed by atoms with E-state index in [1.54, 1.807) is 30.8 Å². The summed E-state index contributed by atoms with van der Waals surface area (Å²) in [6.45, 7) is 8.18. The number of methoxy groups -OCH3 is 2. The highest BCUT2D eigenvalue weighted by molar-refractivity contribution is 5.94. The first kappa shape index (κ1) is 23.4. The molecule has 3 rings (SSSR count). The molecule has 2 aromatic rings. The second kappa shape index (κ2) is 9.10. The molecule has 1 atom stereocenters. The lowest BCUT2D eigenvalue weighted by molar-refractivity contribution is 0.0222. The number of aryl methyl sites for hydroxylation is 1. The molecule has 2 amide bonds. The predicted octanol–water partition coefficient (Wildman–Crippen LogP) is 3.22. The minimum absolute atomic E-state index is 0.255. The van der Waals surface area contributed by atoms with Crippen LogP contribution in [-0.4, -0.2) is 53.0 Å². The number of hydrogen-bond acceptors (Lipinski definition) is 6. The number of hydrogen-bond donors (Lipinski definition) is 1. The molecule has 0 bridgehead atoms. The van der Waals surface area contributed by atoms with Crippen LogP contribution in [-0.2, 0) is 24.8 Å². The van der Waals surface area contributed by atoms with Crippen LogP contribution in [0.15, 0.2) is 18.2 Å². The average Bonchev–Trinajstić information content (AvgIpc) is 3.06. The first-order valence-electron chi connectivity index (χ1n) is 10.6. The largest absolute Gasteiger partial charge is 0.493 e. The van der Waals surface area contributed by atoms with Crippen LogP contribution in [0.2, 0.25) is 0 Å². The molecule has 9 nitrogen and oxygen atoms in total. The first-order chi connectivity index (χ1) is 15.0. The van der Waals surface area contributed by atoms with E-state index in [1.807, 2.05) is 45.9 Å². The smallest absolute Gasteiger partial charge is 0.410 e. The normalized spacial score (nSPS) is 14.4. The maximum Gasteiger partial charge on any atom is 0.410 e. The quantitative estimate of drug-likeness (QED) is 0.761. The highest BCUT2D eigenvalue weighted by Crippen LogP contribution is 2.30. The predicted molar refractivity (Wildman–Crippen MR) is 119 cm³/mol. The van der Waals surface area contributed by atoms with Crippen molar-refractivity contribution in [1.82, 2.24) is 20.0 Å². The van der Waals surface area contributed by atoms with E-state index in [0.717, 1.165) is 16.8 Å². The van der Waals surface area contributed by atoms with Gasteiger partial charge in [0.2, 0.25) is 0 Å². The minimum atomic E-state index is -0.582. The van der Waals surface area contributed by atoms with Crippen LogP contribution in [0.3, 0.4) is 0 Å². The lowest BCUT2D eigenvalue weighted by Crippen LogP contribution is -2.40. The van der Waals surface area contributed by atoms with Crippen LogP contribution >= 0.6 is 0 Å². The van der Waals surface area contributed by atoms with Crippen molar-refractivity contribution in [1.29, 1.82) is 0 Å². The Balaban J connectivity index is 1.79. The Kier molecular flexibility index (Phi) is 6.66. The molecule has 0 fully saturated rings. The standard InChI is InChI=1S/C23H32N4O5/c1-14(15-8-9-18(30-6)19(12-15)31-7)24-21(28)20-16-13-27(22(29)32-23(2,3)4)11-10-17(16)25-26(20)5/h8-9,12,14H,10-11,13H2,1-7H3,(H,24,28). The number of fused-ring (bicyclic) bond motifs is 1. The van der Waals surface area contributed by atoms with Gasteiger partial charge < -0.3 is 24.4 Å². The van der Waals surface area contributed by atoms with Gasteiger partial charge in [-0.1, -0.05) is 6.07 Å². The highest BCUT2D eigenvalue weighted by atomic mass is 16.6. The number of benzene rings is 1. The zero-order valence-electron chi connectivity index (χ0n) is 19.8. The molecule has 0 saturated heterocycles. The van der Waals surface area contributed by atoms with Crippen molar-refractivity contribution in [3.8, 4) is 11.5 Å². The number of amides is 2. The summed E-state index contributed by atoms with van der Waals surface area (Å²) in [5.74, 6) is 0.962. The second-order valence-corrected chi connectivity index (χ2v) is 8.86. The van der Waals surface area contributed by atoms with Gasteiger partial charge in [0.05, 0.1) is 32.5 Å². The molecule has 1 aromatic heterocycles. The Morgan fingerprint density at radius 3 is 2.47 bits per heavy atom. The van der Waals surface area contributed by atoms with Crippen LogP contribution in [0.5, 0.6) is 11.5 Å². The molecule has 1 unspecified atom stereocenters. The van der Waals surface area contributed by atoms with Crippen molar-refractivity contribution in [3.05, 3.63) is 40.7 Å². The number of carbonyl (C=O) groups is 2. The maximum absolute atomic E-state index is 13.2.